The first-order valence-electron chi connectivity index (χ1n) is 7.54. The third-order valence-corrected chi connectivity index (χ3v) is 3.72. The summed E-state index contributed by atoms with van der Waals surface area (Å²) in [4.78, 5) is 0. The zero-order valence-electron chi connectivity index (χ0n) is 12.9. The minimum absolute atomic E-state index is 0.146. The SMILES string of the molecule is Fc1cc(Cl)ccc1COc1ccc(OCc2ccccc2)cc1. The standard InChI is InChI=1S/C20H16ClFO2/c21-17-7-6-16(20(22)12-17)14-24-19-10-8-18(9-11-19)23-13-15-4-2-1-3-5-15/h1-12H,13-14H2. The van der Waals surface area contributed by atoms with Gasteiger partial charge in [0, 0.05) is 10.6 Å². The molecule has 0 saturated heterocycles. The largest absolute Gasteiger partial charge is 0.489 e. The van der Waals surface area contributed by atoms with Crippen LogP contribution in [0.5, 0.6) is 11.5 Å². The Balaban J connectivity index is 1.54. The van der Waals surface area contributed by atoms with E-state index in [1.165, 1.54) is 6.07 Å². The fourth-order valence-electron chi connectivity index (χ4n) is 2.17. The molecule has 0 fully saturated rings. The Morgan fingerprint density at radius 1 is 0.750 bits per heavy atom. The second-order valence-electron chi connectivity index (χ2n) is 5.27. The molecule has 0 spiro atoms. The topological polar surface area (TPSA) is 18.5 Å². The van der Waals surface area contributed by atoms with Crippen molar-refractivity contribution >= 4 is 11.6 Å². The molecule has 0 atom stereocenters. The average Bonchev–Trinajstić information content (AvgIpc) is 2.61. The molecule has 24 heavy (non-hydrogen) atoms. The van der Waals surface area contributed by atoms with Crippen LogP contribution in [-0.4, -0.2) is 0 Å². The smallest absolute Gasteiger partial charge is 0.131 e. The molecule has 2 nitrogen and oxygen atoms in total. The molecule has 122 valence electrons. The van der Waals surface area contributed by atoms with Gasteiger partial charge in [0.1, 0.15) is 30.5 Å². The number of hydrogen-bond acceptors (Lipinski definition) is 2. The van der Waals surface area contributed by atoms with Crippen molar-refractivity contribution in [1.82, 2.24) is 0 Å². The molecule has 3 rings (SSSR count). The van der Waals surface area contributed by atoms with Crippen molar-refractivity contribution in [2.75, 3.05) is 0 Å². The van der Waals surface area contributed by atoms with Crippen molar-refractivity contribution in [3.8, 4) is 11.5 Å². The fraction of sp³-hybridized carbons (Fsp3) is 0.100. The van der Waals surface area contributed by atoms with Gasteiger partial charge in [-0.25, -0.2) is 4.39 Å². The highest BCUT2D eigenvalue weighted by Gasteiger charge is 2.04. The van der Waals surface area contributed by atoms with Crippen molar-refractivity contribution in [1.29, 1.82) is 0 Å². The first-order chi connectivity index (χ1) is 11.7. The molecule has 0 unspecified atom stereocenters. The maximum Gasteiger partial charge on any atom is 0.131 e. The van der Waals surface area contributed by atoms with Crippen LogP contribution in [0.4, 0.5) is 4.39 Å². The zero-order chi connectivity index (χ0) is 16.8. The average molecular weight is 343 g/mol. The van der Waals surface area contributed by atoms with Crippen LogP contribution in [0.25, 0.3) is 0 Å². The van der Waals surface area contributed by atoms with Crippen LogP contribution >= 0.6 is 11.6 Å². The number of rotatable bonds is 6. The van der Waals surface area contributed by atoms with Crippen molar-refractivity contribution in [2.45, 2.75) is 13.2 Å². The Morgan fingerprint density at radius 2 is 1.38 bits per heavy atom. The summed E-state index contributed by atoms with van der Waals surface area (Å²) in [5, 5.41) is 0.371. The maximum atomic E-state index is 13.7. The van der Waals surface area contributed by atoms with Gasteiger partial charge in [0.05, 0.1) is 0 Å². The van der Waals surface area contributed by atoms with E-state index >= 15 is 0 Å². The van der Waals surface area contributed by atoms with Crippen molar-refractivity contribution < 1.29 is 13.9 Å². The van der Waals surface area contributed by atoms with Gasteiger partial charge in [0.25, 0.3) is 0 Å². The molecule has 0 N–H and O–H groups in total. The van der Waals surface area contributed by atoms with Crippen LogP contribution in [-0.2, 0) is 13.2 Å². The van der Waals surface area contributed by atoms with Gasteiger partial charge in [0.2, 0.25) is 0 Å². The molecule has 0 aliphatic heterocycles. The predicted molar refractivity (Wildman–Crippen MR) is 93.0 cm³/mol. The first kappa shape index (κ1) is 16.3. The van der Waals surface area contributed by atoms with Gasteiger partial charge in [0.15, 0.2) is 0 Å². The monoisotopic (exact) mass is 342 g/mol. The third-order valence-electron chi connectivity index (χ3n) is 3.48. The highest BCUT2D eigenvalue weighted by Crippen LogP contribution is 2.21. The molecule has 4 heteroatoms. The van der Waals surface area contributed by atoms with Crippen molar-refractivity contribution in [3.63, 3.8) is 0 Å². The Hall–Kier alpha value is -2.52. The Labute approximate surface area is 145 Å². The highest BCUT2D eigenvalue weighted by molar-refractivity contribution is 6.30. The van der Waals surface area contributed by atoms with E-state index in [9.17, 15) is 4.39 Å². The summed E-state index contributed by atoms with van der Waals surface area (Å²) in [6.07, 6.45) is 0. The normalized spacial score (nSPS) is 10.4. The van der Waals surface area contributed by atoms with Crippen molar-refractivity contribution in [3.05, 3.63) is 94.8 Å². The molecule has 0 amide bonds. The van der Waals surface area contributed by atoms with E-state index in [4.69, 9.17) is 21.1 Å². The van der Waals surface area contributed by atoms with Gasteiger partial charge in [-0.05, 0) is 42.0 Å². The lowest BCUT2D eigenvalue weighted by Gasteiger charge is -2.09. The van der Waals surface area contributed by atoms with Crippen LogP contribution in [0, 0.1) is 5.82 Å². The molecule has 3 aromatic carbocycles. The first-order valence-corrected chi connectivity index (χ1v) is 7.92. The molecular weight excluding hydrogens is 327 g/mol. The van der Waals surface area contributed by atoms with E-state index in [0.29, 0.717) is 22.9 Å². The quantitative estimate of drug-likeness (QED) is 0.577. The van der Waals surface area contributed by atoms with Crippen LogP contribution in [0.1, 0.15) is 11.1 Å². The molecule has 0 aliphatic carbocycles. The summed E-state index contributed by atoms with van der Waals surface area (Å²) in [5.41, 5.74) is 1.57. The van der Waals surface area contributed by atoms with E-state index in [2.05, 4.69) is 0 Å². The van der Waals surface area contributed by atoms with Crippen molar-refractivity contribution in [2.24, 2.45) is 0 Å². The van der Waals surface area contributed by atoms with Gasteiger partial charge in [-0.3, -0.25) is 0 Å². The number of ether oxygens (including phenoxy) is 2. The Kier molecular flexibility index (Phi) is 5.34. The van der Waals surface area contributed by atoms with Crippen LogP contribution in [0.15, 0.2) is 72.8 Å². The minimum Gasteiger partial charge on any atom is -0.489 e. The lowest BCUT2D eigenvalue weighted by Crippen LogP contribution is -1.99. The Morgan fingerprint density at radius 3 is 2.00 bits per heavy atom. The molecule has 0 aromatic heterocycles. The molecule has 0 bridgehead atoms. The van der Waals surface area contributed by atoms with Gasteiger partial charge in [-0.1, -0.05) is 48.0 Å². The Bertz CT molecular complexity index is 788. The molecule has 0 heterocycles. The lowest BCUT2D eigenvalue weighted by atomic mass is 10.2. The van der Waals surface area contributed by atoms with Gasteiger partial charge in [-0.2, -0.15) is 0 Å². The van der Waals surface area contributed by atoms with E-state index in [1.807, 2.05) is 42.5 Å². The molecule has 0 radical (unpaired) electrons. The summed E-state index contributed by atoms with van der Waals surface area (Å²) in [6, 6.07) is 21.8. The van der Waals surface area contributed by atoms with E-state index < -0.39 is 0 Å². The molecular formula is C20H16ClFO2. The summed E-state index contributed by atoms with van der Waals surface area (Å²) >= 11 is 5.73. The maximum absolute atomic E-state index is 13.7. The van der Waals surface area contributed by atoms with Gasteiger partial charge in [-0.15, -0.1) is 0 Å². The number of benzene rings is 3. The predicted octanol–water partition coefficient (Wildman–Crippen LogP) is 5.64. The van der Waals surface area contributed by atoms with E-state index in [1.54, 1.807) is 24.3 Å². The third kappa shape index (κ3) is 4.49. The number of hydrogen-bond donors (Lipinski definition) is 0. The fourth-order valence-corrected chi connectivity index (χ4v) is 2.33. The summed E-state index contributed by atoms with van der Waals surface area (Å²) in [5.74, 6) is 1.03. The van der Waals surface area contributed by atoms with Crippen LogP contribution in [0.3, 0.4) is 0 Å². The van der Waals surface area contributed by atoms with Crippen LogP contribution in [0.2, 0.25) is 5.02 Å². The van der Waals surface area contributed by atoms with E-state index in [-0.39, 0.29) is 12.4 Å². The van der Waals surface area contributed by atoms with Gasteiger partial charge >= 0.3 is 0 Å². The number of halogens is 2. The molecule has 0 aliphatic rings. The second-order valence-corrected chi connectivity index (χ2v) is 5.71. The minimum atomic E-state index is -0.370. The highest BCUT2D eigenvalue weighted by atomic mass is 35.5. The molecule has 0 saturated carbocycles. The lowest BCUT2D eigenvalue weighted by molar-refractivity contribution is 0.293. The zero-order valence-corrected chi connectivity index (χ0v) is 13.7. The van der Waals surface area contributed by atoms with Crippen LogP contribution < -0.4 is 9.47 Å². The van der Waals surface area contributed by atoms with E-state index in [0.717, 1.165) is 11.3 Å². The second kappa shape index (κ2) is 7.84. The summed E-state index contributed by atoms with van der Waals surface area (Å²) < 4.78 is 25.0. The summed E-state index contributed by atoms with van der Waals surface area (Å²) in [7, 11) is 0. The van der Waals surface area contributed by atoms with Gasteiger partial charge < -0.3 is 9.47 Å². The molecule has 3 aromatic rings. The summed E-state index contributed by atoms with van der Waals surface area (Å²) in [6.45, 7) is 0.657.